The number of rotatable bonds is 6. The van der Waals surface area contributed by atoms with Gasteiger partial charge in [-0.05, 0) is 41.1 Å². The lowest BCUT2D eigenvalue weighted by Gasteiger charge is -2.23. The fraction of sp³-hybridized carbons (Fsp3) is 0.267. The molecule has 21 heavy (non-hydrogen) atoms. The fourth-order valence-electron chi connectivity index (χ4n) is 1.94. The van der Waals surface area contributed by atoms with Gasteiger partial charge in [0, 0.05) is 21.6 Å². The second-order valence-corrected chi connectivity index (χ2v) is 7.33. The number of halogens is 2. The Labute approximate surface area is 141 Å². The van der Waals surface area contributed by atoms with Crippen LogP contribution in [0.4, 0.5) is 5.69 Å². The number of hydrogen-bond acceptors (Lipinski definition) is 3. The molecule has 0 bridgehead atoms. The van der Waals surface area contributed by atoms with Gasteiger partial charge in [0.15, 0.2) is 0 Å². The van der Waals surface area contributed by atoms with Crippen LogP contribution in [0.2, 0.25) is 4.34 Å². The molecule has 112 valence electrons. The summed E-state index contributed by atoms with van der Waals surface area (Å²) in [7, 11) is 0. The van der Waals surface area contributed by atoms with Crippen molar-refractivity contribution in [3.63, 3.8) is 0 Å². The average molecular weight is 389 g/mol. The zero-order valence-electron chi connectivity index (χ0n) is 11.5. The van der Waals surface area contributed by atoms with Crippen LogP contribution in [0.5, 0.6) is 0 Å². The second-order valence-electron chi connectivity index (χ2n) is 4.74. The average Bonchev–Trinajstić information content (AvgIpc) is 2.74. The van der Waals surface area contributed by atoms with E-state index in [-0.39, 0.29) is 6.42 Å². The number of aryl methyl sites for hydroxylation is 1. The fourth-order valence-corrected chi connectivity index (χ4v) is 3.75. The molecule has 0 aliphatic heterocycles. The Balaban J connectivity index is 2.18. The standard InChI is InChI=1S/C15H15BrClNO2S/c1-10-2-4-11(5-3-10)18(7-6-14(19)20)9-12-8-13(16)15(17)21-12/h2-5,8H,6-7,9H2,1H3,(H,19,20). The van der Waals surface area contributed by atoms with Crippen LogP contribution >= 0.6 is 38.9 Å². The molecule has 0 saturated heterocycles. The van der Waals surface area contributed by atoms with E-state index in [1.54, 1.807) is 0 Å². The molecule has 0 fully saturated rings. The van der Waals surface area contributed by atoms with Crippen molar-refractivity contribution in [2.75, 3.05) is 11.4 Å². The van der Waals surface area contributed by atoms with Crippen molar-refractivity contribution in [1.29, 1.82) is 0 Å². The van der Waals surface area contributed by atoms with Crippen molar-refractivity contribution in [3.05, 3.63) is 49.6 Å². The van der Waals surface area contributed by atoms with Crippen LogP contribution in [-0.2, 0) is 11.3 Å². The predicted molar refractivity (Wildman–Crippen MR) is 91.5 cm³/mol. The van der Waals surface area contributed by atoms with Gasteiger partial charge in [0.05, 0.1) is 13.0 Å². The first kappa shape index (κ1) is 16.3. The van der Waals surface area contributed by atoms with Gasteiger partial charge in [0.2, 0.25) is 0 Å². The van der Waals surface area contributed by atoms with E-state index >= 15 is 0 Å². The molecule has 0 aliphatic rings. The van der Waals surface area contributed by atoms with Gasteiger partial charge in [-0.1, -0.05) is 29.3 Å². The maximum absolute atomic E-state index is 10.8. The van der Waals surface area contributed by atoms with Crippen molar-refractivity contribution in [1.82, 2.24) is 0 Å². The quantitative estimate of drug-likeness (QED) is 0.761. The van der Waals surface area contributed by atoms with Crippen LogP contribution in [0, 0.1) is 6.92 Å². The molecule has 0 radical (unpaired) electrons. The third kappa shape index (κ3) is 4.73. The third-order valence-electron chi connectivity index (χ3n) is 3.04. The zero-order chi connectivity index (χ0) is 15.4. The zero-order valence-corrected chi connectivity index (χ0v) is 14.6. The first-order chi connectivity index (χ1) is 9.95. The van der Waals surface area contributed by atoms with E-state index in [1.807, 2.05) is 37.3 Å². The van der Waals surface area contributed by atoms with Gasteiger partial charge >= 0.3 is 5.97 Å². The van der Waals surface area contributed by atoms with Gasteiger partial charge in [-0.25, -0.2) is 0 Å². The van der Waals surface area contributed by atoms with Crippen molar-refractivity contribution < 1.29 is 9.90 Å². The summed E-state index contributed by atoms with van der Waals surface area (Å²) in [5, 5.41) is 8.92. The number of carboxylic acids is 1. The SMILES string of the molecule is Cc1ccc(N(CCC(=O)O)Cc2cc(Br)c(Cl)s2)cc1. The summed E-state index contributed by atoms with van der Waals surface area (Å²) < 4.78 is 1.60. The molecular weight excluding hydrogens is 374 g/mol. The largest absolute Gasteiger partial charge is 0.481 e. The summed E-state index contributed by atoms with van der Waals surface area (Å²) in [5.74, 6) is -0.794. The molecule has 2 rings (SSSR count). The summed E-state index contributed by atoms with van der Waals surface area (Å²) >= 11 is 11.0. The van der Waals surface area contributed by atoms with Gasteiger partial charge in [-0.2, -0.15) is 0 Å². The number of carbonyl (C=O) groups is 1. The molecule has 0 saturated carbocycles. The molecular formula is C15H15BrClNO2S. The molecule has 3 nitrogen and oxygen atoms in total. The number of nitrogens with zero attached hydrogens (tertiary/aromatic N) is 1. The Hall–Kier alpha value is -1.04. The number of thiophene rings is 1. The molecule has 0 unspecified atom stereocenters. The van der Waals surface area contributed by atoms with Crippen molar-refractivity contribution in [2.45, 2.75) is 19.9 Å². The summed E-state index contributed by atoms with van der Waals surface area (Å²) in [6.45, 7) is 3.14. The summed E-state index contributed by atoms with van der Waals surface area (Å²) in [5.41, 5.74) is 2.20. The van der Waals surface area contributed by atoms with Crippen molar-refractivity contribution >= 4 is 50.5 Å². The summed E-state index contributed by atoms with van der Waals surface area (Å²) in [6.07, 6.45) is 0.105. The van der Waals surface area contributed by atoms with Crippen LogP contribution in [-0.4, -0.2) is 17.6 Å². The maximum Gasteiger partial charge on any atom is 0.305 e. The van der Waals surface area contributed by atoms with Gasteiger partial charge < -0.3 is 10.0 Å². The predicted octanol–water partition coefficient (Wildman–Crippen LogP) is 4.95. The Morgan fingerprint density at radius 2 is 2.05 bits per heavy atom. The maximum atomic E-state index is 10.8. The Kier molecular flexibility index (Phi) is 5.67. The molecule has 2 aromatic rings. The summed E-state index contributed by atoms with van der Waals surface area (Å²) in [4.78, 5) is 14.0. The van der Waals surface area contributed by atoms with E-state index in [0.717, 1.165) is 15.0 Å². The molecule has 1 aromatic carbocycles. The smallest absolute Gasteiger partial charge is 0.305 e. The minimum atomic E-state index is -0.794. The number of benzene rings is 1. The molecule has 0 aliphatic carbocycles. The van der Waals surface area contributed by atoms with Gasteiger partial charge in [0.25, 0.3) is 0 Å². The summed E-state index contributed by atoms with van der Waals surface area (Å²) in [6, 6.07) is 10.1. The van der Waals surface area contributed by atoms with Crippen LogP contribution in [0.15, 0.2) is 34.8 Å². The molecule has 1 aromatic heterocycles. The molecule has 1 N–H and O–H groups in total. The highest BCUT2D eigenvalue weighted by atomic mass is 79.9. The molecule has 0 amide bonds. The van der Waals surface area contributed by atoms with Gasteiger partial charge in [-0.3, -0.25) is 4.79 Å². The lowest BCUT2D eigenvalue weighted by atomic mass is 10.2. The van der Waals surface area contributed by atoms with Crippen LogP contribution < -0.4 is 4.90 Å². The molecule has 0 atom stereocenters. The Morgan fingerprint density at radius 3 is 2.57 bits per heavy atom. The highest BCUT2D eigenvalue weighted by molar-refractivity contribution is 9.10. The molecule has 1 heterocycles. The lowest BCUT2D eigenvalue weighted by molar-refractivity contribution is -0.136. The van der Waals surface area contributed by atoms with E-state index in [9.17, 15) is 4.79 Å². The number of aliphatic carboxylic acids is 1. The minimum Gasteiger partial charge on any atom is -0.481 e. The van der Waals surface area contributed by atoms with E-state index in [0.29, 0.717) is 17.4 Å². The normalized spacial score (nSPS) is 10.6. The number of anilines is 1. The number of carboxylic acid groups (broad SMARTS) is 1. The van der Waals surface area contributed by atoms with Crippen molar-refractivity contribution in [2.24, 2.45) is 0 Å². The third-order valence-corrected chi connectivity index (χ3v) is 5.50. The van der Waals surface area contributed by atoms with E-state index < -0.39 is 5.97 Å². The van der Waals surface area contributed by atoms with E-state index in [2.05, 4.69) is 20.8 Å². The Morgan fingerprint density at radius 1 is 1.38 bits per heavy atom. The first-order valence-electron chi connectivity index (χ1n) is 6.43. The first-order valence-corrected chi connectivity index (χ1v) is 8.41. The highest BCUT2D eigenvalue weighted by Crippen LogP contribution is 2.33. The monoisotopic (exact) mass is 387 g/mol. The van der Waals surface area contributed by atoms with Crippen LogP contribution in [0.1, 0.15) is 16.9 Å². The molecule has 6 heteroatoms. The van der Waals surface area contributed by atoms with E-state index in [1.165, 1.54) is 16.9 Å². The topological polar surface area (TPSA) is 40.5 Å². The van der Waals surface area contributed by atoms with Crippen molar-refractivity contribution in [3.8, 4) is 0 Å². The lowest BCUT2D eigenvalue weighted by Crippen LogP contribution is -2.25. The van der Waals surface area contributed by atoms with Crippen LogP contribution in [0.3, 0.4) is 0 Å². The second kappa shape index (κ2) is 7.29. The highest BCUT2D eigenvalue weighted by Gasteiger charge is 2.12. The van der Waals surface area contributed by atoms with Gasteiger partial charge in [-0.15, -0.1) is 11.3 Å². The van der Waals surface area contributed by atoms with Gasteiger partial charge in [0.1, 0.15) is 4.34 Å². The minimum absolute atomic E-state index is 0.105. The van der Waals surface area contributed by atoms with E-state index in [4.69, 9.17) is 16.7 Å². The Bertz CT molecular complexity index is 608. The van der Waals surface area contributed by atoms with Crippen LogP contribution in [0.25, 0.3) is 0 Å². The molecule has 0 spiro atoms. The number of hydrogen-bond donors (Lipinski definition) is 1.